The minimum atomic E-state index is -0.201. The maximum absolute atomic E-state index is 13.1. The Kier molecular flexibility index (Phi) is 2.37. The Balaban J connectivity index is 2.01. The van der Waals surface area contributed by atoms with Gasteiger partial charge in [0, 0.05) is 23.3 Å². The smallest absolute Gasteiger partial charge is 0.123 e. The maximum atomic E-state index is 13.1. The highest BCUT2D eigenvalue weighted by molar-refractivity contribution is 5.80. The summed E-state index contributed by atoms with van der Waals surface area (Å²) in [6.45, 7) is 0.704. The molecule has 0 N–H and O–H groups in total. The van der Waals surface area contributed by atoms with Gasteiger partial charge in [0.2, 0.25) is 0 Å². The van der Waals surface area contributed by atoms with Crippen molar-refractivity contribution >= 4 is 10.9 Å². The third kappa shape index (κ3) is 1.91. The number of hydrogen-bond donors (Lipinski definition) is 0. The van der Waals surface area contributed by atoms with Gasteiger partial charge in [-0.3, -0.25) is 4.98 Å². The Morgan fingerprint density at radius 1 is 1.12 bits per heavy atom. The first-order chi connectivity index (χ1) is 8.33. The molecule has 0 aliphatic carbocycles. The van der Waals surface area contributed by atoms with E-state index in [2.05, 4.69) is 9.55 Å². The van der Waals surface area contributed by atoms with Crippen LogP contribution in [0, 0.1) is 5.82 Å². The van der Waals surface area contributed by atoms with Crippen molar-refractivity contribution in [3.63, 3.8) is 0 Å². The molecule has 0 unspecified atom stereocenters. The molecule has 0 saturated carbocycles. The van der Waals surface area contributed by atoms with E-state index in [1.165, 1.54) is 6.07 Å². The number of halogens is 1. The van der Waals surface area contributed by atoms with Gasteiger partial charge in [-0.25, -0.2) is 4.39 Å². The van der Waals surface area contributed by atoms with E-state index in [9.17, 15) is 4.39 Å². The van der Waals surface area contributed by atoms with Gasteiger partial charge in [0.1, 0.15) is 5.82 Å². The van der Waals surface area contributed by atoms with Crippen LogP contribution in [0.15, 0.2) is 54.9 Å². The predicted molar refractivity (Wildman–Crippen MR) is 65.2 cm³/mol. The van der Waals surface area contributed by atoms with Gasteiger partial charge in [-0.05, 0) is 36.4 Å². The van der Waals surface area contributed by atoms with Crippen molar-refractivity contribution in [3.05, 3.63) is 66.4 Å². The number of nitrogens with zero attached hydrogens (tertiary/aromatic N) is 2. The van der Waals surface area contributed by atoms with Crippen LogP contribution in [0.4, 0.5) is 4.39 Å². The van der Waals surface area contributed by atoms with Crippen LogP contribution in [0.25, 0.3) is 10.9 Å². The van der Waals surface area contributed by atoms with Crippen molar-refractivity contribution in [2.45, 2.75) is 6.54 Å². The minimum absolute atomic E-state index is 0.201. The Hall–Kier alpha value is -2.16. The minimum Gasteiger partial charge on any atom is -0.341 e. The van der Waals surface area contributed by atoms with Crippen molar-refractivity contribution < 1.29 is 4.39 Å². The first kappa shape index (κ1) is 10.0. The molecule has 2 nitrogen and oxygen atoms in total. The molecule has 0 spiro atoms. The SMILES string of the molecule is Fc1ccc2c(ccn2Cc2ccccn2)c1. The molecule has 0 radical (unpaired) electrons. The van der Waals surface area contributed by atoms with Gasteiger partial charge in [-0.2, -0.15) is 0 Å². The predicted octanol–water partition coefficient (Wildman–Crippen LogP) is 3.22. The summed E-state index contributed by atoms with van der Waals surface area (Å²) in [6, 6.07) is 12.6. The first-order valence-electron chi connectivity index (χ1n) is 5.47. The highest BCUT2D eigenvalue weighted by Gasteiger charge is 2.03. The van der Waals surface area contributed by atoms with E-state index in [0.29, 0.717) is 6.54 Å². The average Bonchev–Trinajstić information content (AvgIpc) is 2.73. The van der Waals surface area contributed by atoms with Gasteiger partial charge in [-0.15, -0.1) is 0 Å². The van der Waals surface area contributed by atoms with Gasteiger partial charge >= 0.3 is 0 Å². The lowest BCUT2D eigenvalue weighted by atomic mass is 10.2. The van der Waals surface area contributed by atoms with Crippen molar-refractivity contribution in [1.29, 1.82) is 0 Å². The summed E-state index contributed by atoms with van der Waals surface area (Å²) in [5.74, 6) is -0.201. The standard InChI is InChI=1S/C14H11FN2/c15-12-4-5-14-11(9-12)6-8-17(14)10-13-3-1-2-7-16-13/h1-9H,10H2. The summed E-state index contributed by atoms with van der Waals surface area (Å²) in [6.07, 6.45) is 3.74. The van der Waals surface area contributed by atoms with E-state index < -0.39 is 0 Å². The molecular formula is C14H11FN2. The quantitative estimate of drug-likeness (QED) is 0.656. The van der Waals surface area contributed by atoms with Gasteiger partial charge < -0.3 is 4.57 Å². The molecule has 0 atom stereocenters. The normalized spacial score (nSPS) is 10.9. The second-order valence-corrected chi connectivity index (χ2v) is 3.97. The van der Waals surface area contributed by atoms with E-state index in [4.69, 9.17) is 0 Å². The fraction of sp³-hybridized carbons (Fsp3) is 0.0714. The molecule has 2 heterocycles. The fourth-order valence-electron chi connectivity index (χ4n) is 1.98. The molecule has 0 aliphatic heterocycles. The number of fused-ring (bicyclic) bond motifs is 1. The molecule has 84 valence electrons. The Bertz CT molecular complexity index is 644. The zero-order chi connectivity index (χ0) is 11.7. The number of hydrogen-bond acceptors (Lipinski definition) is 1. The van der Waals surface area contributed by atoms with Crippen molar-refractivity contribution in [2.24, 2.45) is 0 Å². The van der Waals surface area contributed by atoms with Gasteiger partial charge in [0.25, 0.3) is 0 Å². The molecule has 17 heavy (non-hydrogen) atoms. The molecular weight excluding hydrogens is 215 g/mol. The van der Waals surface area contributed by atoms with Crippen LogP contribution in [0.5, 0.6) is 0 Å². The molecule has 0 aliphatic rings. The molecule has 2 aromatic heterocycles. The molecule has 0 bridgehead atoms. The van der Waals surface area contributed by atoms with Crippen LogP contribution < -0.4 is 0 Å². The zero-order valence-electron chi connectivity index (χ0n) is 9.18. The van der Waals surface area contributed by atoms with E-state index >= 15 is 0 Å². The van der Waals surface area contributed by atoms with Crippen LogP contribution in [-0.4, -0.2) is 9.55 Å². The Labute approximate surface area is 98.3 Å². The Morgan fingerprint density at radius 3 is 2.88 bits per heavy atom. The third-order valence-electron chi connectivity index (χ3n) is 2.79. The maximum Gasteiger partial charge on any atom is 0.123 e. The van der Waals surface area contributed by atoms with Crippen LogP contribution in [0.3, 0.4) is 0 Å². The molecule has 1 aromatic carbocycles. The highest BCUT2D eigenvalue weighted by Crippen LogP contribution is 2.17. The van der Waals surface area contributed by atoms with E-state index in [1.54, 1.807) is 18.3 Å². The topological polar surface area (TPSA) is 17.8 Å². The third-order valence-corrected chi connectivity index (χ3v) is 2.79. The van der Waals surface area contributed by atoms with Crippen LogP contribution >= 0.6 is 0 Å². The number of aromatic nitrogens is 2. The van der Waals surface area contributed by atoms with Gasteiger partial charge in [-0.1, -0.05) is 6.07 Å². The van der Waals surface area contributed by atoms with Gasteiger partial charge in [0.15, 0.2) is 0 Å². The Morgan fingerprint density at radius 2 is 2.06 bits per heavy atom. The number of rotatable bonds is 2. The number of benzene rings is 1. The van der Waals surface area contributed by atoms with Crippen molar-refractivity contribution in [2.75, 3.05) is 0 Å². The molecule has 0 saturated heterocycles. The van der Waals surface area contributed by atoms with Crippen molar-refractivity contribution in [1.82, 2.24) is 9.55 Å². The lowest BCUT2D eigenvalue weighted by Crippen LogP contribution is -1.99. The fourth-order valence-corrected chi connectivity index (χ4v) is 1.98. The zero-order valence-corrected chi connectivity index (χ0v) is 9.18. The summed E-state index contributed by atoms with van der Waals surface area (Å²) < 4.78 is 15.1. The lowest BCUT2D eigenvalue weighted by molar-refractivity contribution is 0.629. The van der Waals surface area contributed by atoms with E-state index in [0.717, 1.165) is 16.6 Å². The van der Waals surface area contributed by atoms with Crippen LogP contribution in [-0.2, 0) is 6.54 Å². The van der Waals surface area contributed by atoms with Gasteiger partial charge in [0.05, 0.1) is 12.2 Å². The summed E-state index contributed by atoms with van der Waals surface area (Å²) in [5.41, 5.74) is 2.02. The van der Waals surface area contributed by atoms with Crippen LogP contribution in [0.2, 0.25) is 0 Å². The molecule has 0 fully saturated rings. The first-order valence-corrected chi connectivity index (χ1v) is 5.47. The van der Waals surface area contributed by atoms with E-state index in [-0.39, 0.29) is 5.82 Å². The summed E-state index contributed by atoms with van der Waals surface area (Å²) in [4.78, 5) is 4.28. The summed E-state index contributed by atoms with van der Waals surface area (Å²) in [7, 11) is 0. The molecule has 3 rings (SSSR count). The monoisotopic (exact) mass is 226 g/mol. The summed E-state index contributed by atoms with van der Waals surface area (Å²) in [5, 5.41) is 0.918. The van der Waals surface area contributed by atoms with E-state index in [1.807, 2.05) is 30.5 Å². The summed E-state index contributed by atoms with van der Waals surface area (Å²) >= 11 is 0. The molecule has 3 aromatic rings. The molecule has 0 amide bonds. The average molecular weight is 226 g/mol. The lowest BCUT2D eigenvalue weighted by Gasteiger charge is -2.04. The largest absolute Gasteiger partial charge is 0.341 e. The molecule has 3 heteroatoms. The second-order valence-electron chi connectivity index (χ2n) is 3.97. The number of pyridine rings is 1. The second kappa shape index (κ2) is 4.01. The van der Waals surface area contributed by atoms with Crippen LogP contribution in [0.1, 0.15) is 5.69 Å². The van der Waals surface area contributed by atoms with Crippen molar-refractivity contribution in [3.8, 4) is 0 Å². The highest BCUT2D eigenvalue weighted by atomic mass is 19.1.